The molecule has 1 saturated carbocycles. The summed E-state index contributed by atoms with van der Waals surface area (Å²) < 4.78 is 27.4. The number of hydrogen-bond donors (Lipinski definition) is 3. The molecule has 1 aliphatic carbocycles. The summed E-state index contributed by atoms with van der Waals surface area (Å²) in [6, 6.07) is 14.1. The molecule has 31 heavy (non-hydrogen) atoms. The number of benzene rings is 2. The Hall–Kier alpha value is -2.71. The number of carbonyl (C=O) groups is 2. The van der Waals surface area contributed by atoms with Gasteiger partial charge < -0.3 is 10.6 Å². The van der Waals surface area contributed by atoms with Gasteiger partial charge in [0.15, 0.2) is 0 Å². The number of carbonyl (C=O) groups excluding carboxylic acids is 2. The Morgan fingerprint density at radius 2 is 1.48 bits per heavy atom. The lowest BCUT2D eigenvalue weighted by Crippen LogP contribution is -2.40. The number of rotatable bonds is 7. The van der Waals surface area contributed by atoms with Crippen LogP contribution in [-0.4, -0.2) is 31.5 Å². The van der Waals surface area contributed by atoms with E-state index < -0.39 is 15.3 Å². The highest BCUT2D eigenvalue weighted by atomic mass is 32.2. The Balaban J connectivity index is 1.64. The molecule has 7 nitrogen and oxygen atoms in total. The molecule has 0 aliphatic heterocycles. The Labute approximate surface area is 183 Å². The summed E-state index contributed by atoms with van der Waals surface area (Å²) in [6.45, 7) is 4.78. The summed E-state index contributed by atoms with van der Waals surface area (Å²) in [5, 5.41) is 5.07. The van der Waals surface area contributed by atoms with Gasteiger partial charge in [0.25, 0.3) is 5.91 Å². The lowest BCUT2D eigenvalue weighted by Gasteiger charge is -2.23. The summed E-state index contributed by atoms with van der Waals surface area (Å²) in [6.07, 6.45) is 2.73. The predicted octanol–water partition coefficient (Wildman–Crippen LogP) is 3.86. The summed E-state index contributed by atoms with van der Waals surface area (Å²) in [5.41, 5.74) is 2.84. The van der Waals surface area contributed by atoms with E-state index in [1.54, 1.807) is 38.1 Å². The molecular formula is C23H29N3O4S. The van der Waals surface area contributed by atoms with Gasteiger partial charge in [0.1, 0.15) is 0 Å². The van der Waals surface area contributed by atoms with Crippen molar-refractivity contribution < 1.29 is 18.0 Å². The quantitative estimate of drug-likeness (QED) is 0.604. The van der Waals surface area contributed by atoms with Crippen LogP contribution in [0.3, 0.4) is 0 Å². The van der Waals surface area contributed by atoms with Gasteiger partial charge in [-0.25, -0.2) is 13.1 Å². The van der Waals surface area contributed by atoms with Crippen LogP contribution in [0.4, 0.5) is 11.4 Å². The van der Waals surface area contributed by atoms with Gasteiger partial charge in [-0.05, 0) is 68.7 Å². The van der Waals surface area contributed by atoms with Crippen LogP contribution in [0.15, 0.2) is 48.5 Å². The van der Waals surface area contributed by atoms with Crippen molar-refractivity contribution in [3.63, 3.8) is 0 Å². The van der Waals surface area contributed by atoms with Crippen LogP contribution in [0.5, 0.6) is 0 Å². The molecule has 2 amide bonds. The van der Waals surface area contributed by atoms with Crippen molar-refractivity contribution in [3.8, 4) is 0 Å². The first kappa shape index (κ1) is 23.0. The topological polar surface area (TPSA) is 104 Å². The van der Waals surface area contributed by atoms with Crippen LogP contribution in [0.2, 0.25) is 0 Å². The van der Waals surface area contributed by atoms with Gasteiger partial charge in [0.05, 0.1) is 5.25 Å². The Bertz CT molecular complexity index is 1030. The molecule has 0 radical (unpaired) electrons. The Morgan fingerprint density at radius 3 is 2.06 bits per heavy atom. The molecule has 166 valence electrons. The molecule has 0 bridgehead atoms. The highest BCUT2D eigenvalue weighted by molar-refractivity contribution is 7.90. The second kappa shape index (κ2) is 9.62. The minimum absolute atomic E-state index is 0.102. The fraction of sp³-hybridized carbons (Fsp3) is 0.391. The van der Waals surface area contributed by atoms with Crippen LogP contribution in [0.25, 0.3) is 0 Å². The summed E-state index contributed by atoms with van der Waals surface area (Å²) >= 11 is 0. The van der Waals surface area contributed by atoms with E-state index in [0.29, 0.717) is 16.9 Å². The van der Waals surface area contributed by atoms with Crippen molar-refractivity contribution in [1.82, 2.24) is 4.72 Å². The second-order valence-corrected chi connectivity index (χ2v) is 10.5. The van der Waals surface area contributed by atoms with E-state index in [1.165, 1.54) is 6.92 Å². The fourth-order valence-corrected chi connectivity index (χ4v) is 4.75. The van der Waals surface area contributed by atoms with Gasteiger partial charge in [-0.15, -0.1) is 0 Å². The molecular weight excluding hydrogens is 414 g/mol. The molecule has 2 aromatic carbocycles. The zero-order chi connectivity index (χ0) is 22.6. The van der Waals surface area contributed by atoms with Crippen LogP contribution in [-0.2, 0) is 14.8 Å². The Kier molecular flexibility index (Phi) is 7.12. The van der Waals surface area contributed by atoms with Crippen molar-refractivity contribution in [2.75, 3.05) is 10.6 Å². The van der Waals surface area contributed by atoms with Crippen molar-refractivity contribution in [3.05, 3.63) is 59.7 Å². The van der Waals surface area contributed by atoms with Gasteiger partial charge in [-0.3, -0.25) is 9.59 Å². The van der Waals surface area contributed by atoms with E-state index >= 15 is 0 Å². The number of anilines is 2. The molecule has 2 atom stereocenters. The third-order valence-corrected chi connectivity index (χ3v) is 7.39. The van der Waals surface area contributed by atoms with Gasteiger partial charge in [0.2, 0.25) is 15.9 Å². The highest BCUT2D eigenvalue weighted by Crippen LogP contribution is 2.35. The molecule has 3 rings (SSSR count). The minimum Gasteiger partial charge on any atom is -0.326 e. The first-order valence-electron chi connectivity index (χ1n) is 10.5. The van der Waals surface area contributed by atoms with E-state index in [-0.39, 0.29) is 23.8 Å². The third-order valence-electron chi connectivity index (χ3n) is 5.52. The van der Waals surface area contributed by atoms with Crippen molar-refractivity contribution >= 4 is 33.2 Å². The average Bonchev–Trinajstić information content (AvgIpc) is 3.16. The lowest BCUT2D eigenvalue weighted by molar-refractivity contribution is -0.114. The maximum Gasteiger partial charge on any atom is 0.255 e. The van der Waals surface area contributed by atoms with Gasteiger partial charge in [-0.1, -0.05) is 18.6 Å². The van der Waals surface area contributed by atoms with Gasteiger partial charge in [0, 0.05) is 35.8 Å². The molecule has 1 fully saturated rings. The number of amides is 2. The molecule has 8 heteroatoms. The molecule has 1 aliphatic rings. The van der Waals surface area contributed by atoms with Crippen LogP contribution < -0.4 is 15.4 Å². The molecule has 0 heterocycles. The van der Waals surface area contributed by atoms with Crippen molar-refractivity contribution in [2.45, 2.75) is 57.2 Å². The standard InChI is InChI=1S/C23H29N3O4S/c1-15(2)31(29,30)26-22-6-4-5-21(22)17-7-11-20(12-8-17)25-23(28)18-9-13-19(14-10-18)24-16(3)27/h7-15,21-22,26H,4-6H2,1-3H3,(H,24,27)(H,25,28)/t21-,22-/m0/s1. The van der Waals surface area contributed by atoms with Crippen LogP contribution >= 0.6 is 0 Å². The molecule has 0 spiro atoms. The van der Waals surface area contributed by atoms with Gasteiger partial charge >= 0.3 is 0 Å². The van der Waals surface area contributed by atoms with Crippen molar-refractivity contribution in [1.29, 1.82) is 0 Å². The van der Waals surface area contributed by atoms with E-state index in [4.69, 9.17) is 0 Å². The maximum atomic E-state index is 12.5. The Morgan fingerprint density at radius 1 is 0.903 bits per heavy atom. The van der Waals surface area contributed by atoms with E-state index in [1.807, 2.05) is 24.3 Å². The average molecular weight is 444 g/mol. The van der Waals surface area contributed by atoms with E-state index in [9.17, 15) is 18.0 Å². The molecule has 0 unspecified atom stereocenters. The summed E-state index contributed by atoms with van der Waals surface area (Å²) in [5.74, 6) is -0.288. The van der Waals surface area contributed by atoms with Crippen molar-refractivity contribution in [2.24, 2.45) is 0 Å². The minimum atomic E-state index is -3.32. The molecule has 3 N–H and O–H groups in total. The molecule has 0 saturated heterocycles. The highest BCUT2D eigenvalue weighted by Gasteiger charge is 2.32. The maximum absolute atomic E-state index is 12.5. The second-order valence-electron chi connectivity index (χ2n) is 8.19. The summed E-state index contributed by atoms with van der Waals surface area (Å²) in [4.78, 5) is 23.6. The smallest absolute Gasteiger partial charge is 0.255 e. The number of sulfonamides is 1. The van der Waals surface area contributed by atoms with Crippen LogP contribution in [0.1, 0.15) is 61.9 Å². The monoisotopic (exact) mass is 443 g/mol. The summed E-state index contributed by atoms with van der Waals surface area (Å²) in [7, 11) is -3.32. The first-order valence-corrected chi connectivity index (χ1v) is 12.0. The van der Waals surface area contributed by atoms with E-state index in [0.717, 1.165) is 24.8 Å². The zero-order valence-corrected chi connectivity index (χ0v) is 18.8. The normalized spacial score (nSPS) is 18.7. The number of hydrogen-bond acceptors (Lipinski definition) is 4. The van der Waals surface area contributed by atoms with Gasteiger partial charge in [-0.2, -0.15) is 0 Å². The fourth-order valence-electron chi connectivity index (χ4n) is 3.77. The lowest BCUT2D eigenvalue weighted by atomic mass is 9.94. The predicted molar refractivity (Wildman–Crippen MR) is 123 cm³/mol. The SMILES string of the molecule is CC(=O)Nc1ccc(C(=O)Nc2ccc([C@@H]3CCC[C@@H]3NS(=O)(=O)C(C)C)cc2)cc1. The zero-order valence-electron chi connectivity index (χ0n) is 18.0. The van der Waals surface area contributed by atoms with E-state index in [2.05, 4.69) is 15.4 Å². The largest absolute Gasteiger partial charge is 0.326 e. The molecule has 0 aromatic heterocycles. The first-order chi connectivity index (χ1) is 14.7. The van der Waals surface area contributed by atoms with Crippen LogP contribution in [0, 0.1) is 0 Å². The molecule has 2 aromatic rings. The number of nitrogens with one attached hydrogen (secondary N) is 3. The third kappa shape index (κ3) is 5.92.